The minimum atomic E-state index is -3.70. The smallest absolute Gasteiger partial charge is 0.325 e. The first kappa shape index (κ1) is 15.4. The predicted molar refractivity (Wildman–Crippen MR) is 66.3 cm³/mol. The molecule has 7 heteroatoms. The van der Waals surface area contributed by atoms with Crippen LogP contribution in [0.1, 0.15) is 26.2 Å². The normalized spacial score (nSPS) is 25.9. The number of rotatable bonds is 6. The van der Waals surface area contributed by atoms with Gasteiger partial charge in [0.15, 0.2) is 5.25 Å². The van der Waals surface area contributed by atoms with E-state index in [-0.39, 0.29) is 25.0 Å². The molecule has 0 amide bonds. The Morgan fingerprint density at radius 2 is 2.06 bits per heavy atom. The van der Waals surface area contributed by atoms with E-state index in [1.165, 1.54) is 6.92 Å². The molecule has 0 radical (unpaired) electrons. The molecular formula is C11H21NO5S. The molecule has 0 aliphatic heterocycles. The molecule has 0 saturated heterocycles. The molecule has 3 atom stereocenters. The zero-order valence-corrected chi connectivity index (χ0v) is 11.6. The number of esters is 1. The topological polar surface area (TPSA) is 92.7 Å². The van der Waals surface area contributed by atoms with Crippen LogP contribution >= 0.6 is 0 Å². The summed E-state index contributed by atoms with van der Waals surface area (Å²) >= 11 is 0. The van der Waals surface area contributed by atoms with Crippen molar-refractivity contribution in [3.63, 3.8) is 0 Å². The van der Waals surface area contributed by atoms with E-state index < -0.39 is 21.2 Å². The molecule has 1 saturated carbocycles. The molecule has 1 rings (SSSR count). The quantitative estimate of drug-likeness (QED) is 0.661. The van der Waals surface area contributed by atoms with Crippen molar-refractivity contribution in [3.8, 4) is 0 Å². The first-order valence-electron chi connectivity index (χ1n) is 6.09. The maximum Gasteiger partial charge on any atom is 0.325 e. The van der Waals surface area contributed by atoms with Crippen molar-refractivity contribution < 1.29 is 23.1 Å². The average Bonchev–Trinajstić information content (AvgIpc) is 2.81. The second-order valence-corrected chi connectivity index (χ2v) is 6.78. The summed E-state index contributed by atoms with van der Waals surface area (Å²) in [5.74, 6) is -0.469. The fraction of sp³-hybridized carbons (Fsp3) is 0.909. The molecule has 6 nitrogen and oxygen atoms in total. The van der Waals surface area contributed by atoms with Crippen molar-refractivity contribution in [2.45, 2.75) is 31.4 Å². The summed E-state index contributed by atoms with van der Waals surface area (Å²) in [7, 11) is -2.54. The maximum absolute atomic E-state index is 11.8. The summed E-state index contributed by atoms with van der Waals surface area (Å²) < 4.78 is 30.5. The van der Waals surface area contributed by atoms with Crippen LogP contribution in [0.2, 0.25) is 0 Å². The number of aliphatic hydroxyl groups excluding tert-OH is 1. The van der Waals surface area contributed by atoms with E-state index in [1.807, 2.05) is 0 Å². The summed E-state index contributed by atoms with van der Waals surface area (Å²) in [6.07, 6.45) is 2.83. The highest BCUT2D eigenvalue weighted by atomic mass is 32.2. The Bertz CT molecular complexity index is 381. The minimum absolute atomic E-state index is 0.0823. The van der Waals surface area contributed by atoms with Crippen LogP contribution in [0.5, 0.6) is 0 Å². The Morgan fingerprint density at radius 1 is 1.44 bits per heavy atom. The molecule has 0 spiro atoms. The van der Waals surface area contributed by atoms with Gasteiger partial charge in [0.1, 0.15) is 0 Å². The summed E-state index contributed by atoms with van der Waals surface area (Å²) in [5.41, 5.74) is 0. The van der Waals surface area contributed by atoms with Gasteiger partial charge < -0.3 is 9.84 Å². The Hall–Kier alpha value is -0.660. The minimum Gasteiger partial charge on any atom is -0.468 e. The van der Waals surface area contributed by atoms with E-state index in [0.29, 0.717) is 0 Å². The van der Waals surface area contributed by atoms with E-state index in [9.17, 15) is 13.2 Å². The van der Waals surface area contributed by atoms with Crippen LogP contribution in [0, 0.1) is 11.8 Å². The van der Waals surface area contributed by atoms with Crippen molar-refractivity contribution in [2.24, 2.45) is 11.8 Å². The predicted octanol–water partition coefficient (Wildman–Crippen LogP) is -0.124. The van der Waals surface area contributed by atoms with Gasteiger partial charge in [-0.1, -0.05) is 6.42 Å². The van der Waals surface area contributed by atoms with Gasteiger partial charge in [0.2, 0.25) is 10.0 Å². The standard InChI is InChI=1S/C11H21NO5S/c1-8(11(14)17-2)18(15,16)12-6-9-4-3-5-10(9)7-13/h8-10,12-13H,3-7H2,1-2H3. The van der Waals surface area contributed by atoms with Gasteiger partial charge in [-0.3, -0.25) is 4.79 Å². The number of hydrogen-bond acceptors (Lipinski definition) is 5. The molecule has 2 N–H and O–H groups in total. The fourth-order valence-corrected chi connectivity index (χ4v) is 3.31. The van der Waals surface area contributed by atoms with Crippen molar-refractivity contribution in [1.82, 2.24) is 4.72 Å². The van der Waals surface area contributed by atoms with Crippen molar-refractivity contribution >= 4 is 16.0 Å². The number of carbonyl (C=O) groups excluding carboxylic acids is 1. The van der Waals surface area contributed by atoms with Gasteiger partial charge >= 0.3 is 5.97 Å². The molecule has 1 aliphatic rings. The van der Waals surface area contributed by atoms with E-state index >= 15 is 0 Å². The lowest BCUT2D eigenvalue weighted by molar-refractivity contribution is -0.139. The van der Waals surface area contributed by atoms with Crippen molar-refractivity contribution in [3.05, 3.63) is 0 Å². The Kier molecular flexibility index (Phi) is 5.55. The van der Waals surface area contributed by atoms with Crippen molar-refractivity contribution in [2.75, 3.05) is 20.3 Å². The zero-order valence-electron chi connectivity index (χ0n) is 10.8. The van der Waals surface area contributed by atoms with Crippen LogP contribution in [0.3, 0.4) is 0 Å². The average molecular weight is 279 g/mol. The molecular weight excluding hydrogens is 258 g/mol. The number of sulfonamides is 1. The molecule has 0 aromatic carbocycles. The van der Waals surface area contributed by atoms with Crippen molar-refractivity contribution in [1.29, 1.82) is 0 Å². The molecule has 18 heavy (non-hydrogen) atoms. The maximum atomic E-state index is 11.8. The van der Waals surface area contributed by atoms with Crippen LogP contribution in [-0.4, -0.2) is 45.0 Å². The highest BCUT2D eigenvalue weighted by molar-refractivity contribution is 7.90. The van der Waals surface area contributed by atoms with Gasteiger partial charge in [0.05, 0.1) is 7.11 Å². The van der Waals surface area contributed by atoms with Crippen LogP contribution in [-0.2, 0) is 19.6 Å². The monoisotopic (exact) mass is 279 g/mol. The lowest BCUT2D eigenvalue weighted by Crippen LogP contribution is -2.41. The summed E-state index contributed by atoms with van der Waals surface area (Å²) in [6.45, 7) is 1.65. The highest BCUT2D eigenvalue weighted by Crippen LogP contribution is 2.30. The van der Waals surface area contributed by atoms with Gasteiger partial charge in [-0.25, -0.2) is 13.1 Å². The van der Waals surface area contributed by atoms with E-state index in [0.717, 1.165) is 26.4 Å². The molecule has 1 fully saturated rings. The second kappa shape index (κ2) is 6.49. The molecule has 0 aromatic rings. The summed E-state index contributed by atoms with van der Waals surface area (Å²) in [6, 6.07) is 0. The van der Waals surface area contributed by atoms with Gasteiger partial charge in [-0.05, 0) is 31.6 Å². The molecule has 3 unspecified atom stereocenters. The number of ether oxygens (including phenoxy) is 1. The van der Waals surface area contributed by atoms with Gasteiger partial charge in [0, 0.05) is 13.2 Å². The Labute approximate surface area is 108 Å². The lowest BCUT2D eigenvalue weighted by Gasteiger charge is -2.19. The number of aliphatic hydroxyl groups is 1. The number of carbonyl (C=O) groups is 1. The third-order valence-electron chi connectivity index (χ3n) is 3.60. The van der Waals surface area contributed by atoms with E-state index in [2.05, 4.69) is 9.46 Å². The Balaban J connectivity index is 2.54. The van der Waals surface area contributed by atoms with E-state index in [4.69, 9.17) is 5.11 Å². The van der Waals surface area contributed by atoms with Gasteiger partial charge in [-0.2, -0.15) is 0 Å². The summed E-state index contributed by atoms with van der Waals surface area (Å²) in [5, 5.41) is 7.94. The second-order valence-electron chi connectivity index (χ2n) is 4.69. The third kappa shape index (κ3) is 3.66. The van der Waals surface area contributed by atoms with Gasteiger partial charge in [-0.15, -0.1) is 0 Å². The number of hydrogen-bond donors (Lipinski definition) is 2. The highest BCUT2D eigenvalue weighted by Gasteiger charge is 2.32. The molecule has 0 heterocycles. The zero-order chi connectivity index (χ0) is 13.8. The first-order valence-corrected chi connectivity index (χ1v) is 7.64. The first-order chi connectivity index (χ1) is 8.42. The fourth-order valence-electron chi connectivity index (χ4n) is 2.26. The van der Waals surface area contributed by atoms with Crippen LogP contribution in [0.4, 0.5) is 0 Å². The Morgan fingerprint density at radius 3 is 2.61 bits per heavy atom. The van der Waals surface area contributed by atoms with Crippen LogP contribution in [0.25, 0.3) is 0 Å². The number of nitrogens with one attached hydrogen (secondary N) is 1. The molecule has 1 aliphatic carbocycles. The largest absolute Gasteiger partial charge is 0.468 e. The number of methoxy groups -OCH3 is 1. The lowest BCUT2D eigenvalue weighted by atomic mass is 9.97. The molecule has 106 valence electrons. The third-order valence-corrected chi connectivity index (χ3v) is 5.29. The molecule has 0 bridgehead atoms. The molecule has 0 aromatic heterocycles. The summed E-state index contributed by atoms with van der Waals surface area (Å²) in [4.78, 5) is 11.2. The van der Waals surface area contributed by atoms with Crippen LogP contribution < -0.4 is 4.72 Å². The van der Waals surface area contributed by atoms with Gasteiger partial charge in [0.25, 0.3) is 0 Å². The SMILES string of the molecule is COC(=O)C(C)S(=O)(=O)NCC1CCCC1CO. The van der Waals surface area contributed by atoms with Crippen LogP contribution in [0.15, 0.2) is 0 Å². The van der Waals surface area contributed by atoms with E-state index in [1.54, 1.807) is 0 Å².